The van der Waals surface area contributed by atoms with Gasteiger partial charge in [0.2, 0.25) is 0 Å². The van der Waals surface area contributed by atoms with E-state index in [1.165, 1.54) is 6.07 Å². The molecule has 1 fully saturated rings. The number of alkyl halides is 3. The number of aliphatic hydroxyl groups is 1. The number of benzene rings is 1. The molecule has 0 radical (unpaired) electrons. The van der Waals surface area contributed by atoms with Gasteiger partial charge in [-0.15, -0.1) is 0 Å². The van der Waals surface area contributed by atoms with E-state index in [0.717, 1.165) is 6.07 Å². The largest absolute Gasteiger partial charge is 0.501 e. The second kappa shape index (κ2) is 6.20. The molecule has 2 aliphatic rings. The first-order valence-corrected chi connectivity index (χ1v) is 9.09. The Morgan fingerprint density at radius 2 is 1.83 bits per heavy atom. The highest BCUT2D eigenvalue weighted by atomic mass is 32.2. The second-order valence-electron chi connectivity index (χ2n) is 5.89. The highest BCUT2D eigenvalue weighted by molar-refractivity contribution is 7.92. The fourth-order valence-electron chi connectivity index (χ4n) is 3.11. The molecule has 1 N–H and O–H groups in total. The van der Waals surface area contributed by atoms with Gasteiger partial charge in [0.25, 0.3) is 9.84 Å². The molecule has 1 heterocycles. The van der Waals surface area contributed by atoms with Crippen molar-refractivity contribution >= 4 is 9.84 Å². The van der Waals surface area contributed by atoms with E-state index in [9.17, 15) is 26.7 Å². The minimum atomic E-state index is -5.52. The first-order valence-electron chi connectivity index (χ1n) is 7.61. The molecule has 0 saturated carbocycles. The van der Waals surface area contributed by atoms with Crippen LogP contribution in [0.2, 0.25) is 0 Å². The van der Waals surface area contributed by atoms with E-state index in [4.69, 9.17) is 9.47 Å². The highest BCUT2D eigenvalue weighted by Crippen LogP contribution is 2.44. The summed E-state index contributed by atoms with van der Waals surface area (Å²) in [5, 5.41) is 10.0. The molecule has 9 heteroatoms. The van der Waals surface area contributed by atoms with Crippen molar-refractivity contribution in [2.45, 2.75) is 48.3 Å². The Hall–Kier alpha value is -1.32. The SMILES string of the molecule is O=S(=O)(c1ccc(OC2CCOCC2)c2c1C(O)CC2)C(F)(F)F. The van der Waals surface area contributed by atoms with Crippen molar-refractivity contribution in [1.82, 2.24) is 0 Å². The summed E-state index contributed by atoms with van der Waals surface area (Å²) in [6.45, 7) is 1.08. The van der Waals surface area contributed by atoms with Crippen molar-refractivity contribution in [1.29, 1.82) is 0 Å². The van der Waals surface area contributed by atoms with Crippen molar-refractivity contribution in [2.24, 2.45) is 0 Å². The van der Waals surface area contributed by atoms with E-state index in [2.05, 4.69) is 0 Å². The normalized spacial score (nSPS) is 22.4. The third-order valence-corrected chi connectivity index (χ3v) is 5.88. The maximum Gasteiger partial charge on any atom is 0.501 e. The molecule has 0 spiro atoms. The lowest BCUT2D eigenvalue weighted by molar-refractivity contribution is -0.0437. The molecular weight excluding hydrogens is 349 g/mol. The van der Waals surface area contributed by atoms with Gasteiger partial charge in [0.1, 0.15) is 11.9 Å². The highest BCUT2D eigenvalue weighted by Gasteiger charge is 2.49. The van der Waals surface area contributed by atoms with Crippen LogP contribution in [0.3, 0.4) is 0 Å². The average molecular weight is 366 g/mol. The van der Waals surface area contributed by atoms with Crippen LogP contribution in [0, 0.1) is 0 Å². The van der Waals surface area contributed by atoms with Gasteiger partial charge >= 0.3 is 5.51 Å². The molecule has 1 aromatic carbocycles. The van der Waals surface area contributed by atoms with E-state index in [-0.39, 0.29) is 24.5 Å². The van der Waals surface area contributed by atoms with Crippen LogP contribution in [-0.4, -0.2) is 38.4 Å². The van der Waals surface area contributed by atoms with Crippen molar-refractivity contribution in [3.63, 3.8) is 0 Å². The maximum absolute atomic E-state index is 12.9. The van der Waals surface area contributed by atoms with Crippen molar-refractivity contribution in [3.8, 4) is 5.75 Å². The van der Waals surface area contributed by atoms with Crippen LogP contribution in [0.15, 0.2) is 17.0 Å². The smallest absolute Gasteiger partial charge is 0.490 e. The Labute approximate surface area is 137 Å². The molecule has 1 aromatic rings. The number of sulfone groups is 1. The van der Waals surface area contributed by atoms with Gasteiger partial charge in [-0.3, -0.25) is 0 Å². The summed E-state index contributed by atoms with van der Waals surface area (Å²) in [7, 11) is -5.52. The molecule has 0 amide bonds. The molecule has 1 saturated heterocycles. The van der Waals surface area contributed by atoms with Crippen LogP contribution in [0.25, 0.3) is 0 Å². The molecule has 3 rings (SSSR count). The number of halogens is 3. The number of hydrogen-bond donors (Lipinski definition) is 1. The lowest BCUT2D eigenvalue weighted by Crippen LogP contribution is -2.27. The molecule has 134 valence electrons. The van der Waals surface area contributed by atoms with Crippen LogP contribution in [0.1, 0.15) is 36.5 Å². The van der Waals surface area contributed by atoms with Gasteiger partial charge in [-0.2, -0.15) is 13.2 Å². The second-order valence-corrected chi connectivity index (χ2v) is 7.80. The summed E-state index contributed by atoms with van der Waals surface area (Å²) in [6, 6.07) is 2.13. The predicted molar refractivity (Wildman–Crippen MR) is 77.4 cm³/mol. The first kappa shape index (κ1) is 17.5. The molecule has 1 unspecified atom stereocenters. The average Bonchev–Trinajstić information content (AvgIpc) is 2.90. The molecular formula is C15H17F3O5S. The van der Waals surface area contributed by atoms with Crippen LogP contribution in [-0.2, 0) is 21.0 Å². The van der Waals surface area contributed by atoms with Crippen molar-refractivity contribution in [2.75, 3.05) is 13.2 Å². The monoisotopic (exact) mass is 366 g/mol. The van der Waals surface area contributed by atoms with Crippen LogP contribution in [0.5, 0.6) is 5.75 Å². The Morgan fingerprint density at radius 1 is 1.17 bits per heavy atom. The Kier molecular flexibility index (Phi) is 4.52. The van der Waals surface area contributed by atoms with E-state index in [1.54, 1.807) is 0 Å². The number of rotatable bonds is 3. The van der Waals surface area contributed by atoms with E-state index >= 15 is 0 Å². The number of ether oxygens (including phenoxy) is 2. The molecule has 5 nitrogen and oxygen atoms in total. The Morgan fingerprint density at radius 3 is 2.46 bits per heavy atom. The van der Waals surface area contributed by atoms with Gasteiger partial charge in [-0.1, -0.05) is 0 Å². The summed E-state index contributed by atoms with van der Waals surface area (Å²) < 4.78 is 73.2. The quantitative estimate of drug-likeness (QED) is 0.890. The topological polar surface area (TPSA) is 72.8 Å². The third-order valence-electron chi connectivity index (χ3n) is 4.33. The van der Waals surface area contributed by atoms with Gasteiger partial charge in [-0.25, -0.2) is 8.42 Å². The molecule has 1 atom stereocenters. The zero-order valence-electron chi connectivity index (χ0n) is 12.7. The third kappa shape index (κ3) is 3.00. The number of hydrogen-bond acceptors (Lipinski definition) is 5. The molecule has 1 aliphatic carbocycles. The fourth-order valence-corrected chi connectivity index (χ4v) is 4.16. The van der Waals surface area contributed by atoms with Crippen LogP contribution < -0.4 is 4.74 Å². The van der Waals surface area contributed by atoms with Gasteiger partial charge in [0, 0.05) is 24.0 Å². The minimum absolute atomic E-state index is 0.134. The van der Waals surface area contributed by atoms with Crippen molar-refractivity contribution < 1.29 is 36.2 Å². The van der Waals surface area contributed by atoms with Gasteiger partial charge in [0.05, 0.1) is 24.2 Å². The van der Waals surface area contributed by atoms with Crippen LogP contribution in [0.4, 0.5) is 13.2 Å². The summed E-state index contributed by atoms with van der Waals surface area (Å²) in [5.74, 6) is 0.342. The van der Waals surface area contributed by atoms with Crippen molar-refractivity contribution in [3.05, 3.63) is 23.3 Å². The lowest BCUT2D eigenvalue weighted by Gasteiger charge is -2.25. The lowest BCUT2D eigenvalue weighted by atomic mass is 10.1. The summed E-state index contributed by atoms with van der Waals surface area (Å²) in [6.07, 6.45) is 0.371. The Bertz CT molecular complexity index is 723. The first-order chi connectivity index (χ1) is 11.2. The summed E-state index contributed by atoms with van der Waals surface area (Å²) in [4.78, 5) is -0.880. The zero-order valence-corrected chi connectivity index (χ0v) is 13.5. The number of fused-ring (bicyclic) bond motifs is 1. The standard InChI is InChI=1S/C15H17F3O5S/c16-15(17,18)24(20,21)13-4-3-12(10-1-2-11(19)14(10)13)23-9-5-7-22-8-6-9/h3-4,9,11,19H,1-2,5-8H2. The molecule has 0 aromatic heterocycles. The van der Waals surface area contributed by atoms with E-state index < -0.39 is 26.3 Å². The van der Waals surface area contributed by atoms with Gasteiger partial charge in [-0.05, 0) is 25.0 Å². The van der Waals surface area contributed by atoms with Gasteiger partial charge in [0.15, 0.2) is 0 Å². The number of aliphatic hydroxyl groups excluding tert-OH is 1. The van der Waals surface area contributed by atoms with E-state index in [0.29, 0.717) is 37.4 Å². The van der Waals surface area contributed by atoms with Gasteiger partial charge < -0.3 is 14.6 Å². The molecule has 0 bridgehead atoms. The zero-order chi connectivity index (χ0) is 17.5. The van der Waals surface area contributed by atoms with Crippen LogP contribution >= 0.6 is 0 Å². The maximum atomic E-state index is 12.9. The molecule has 24 heavy (non-hydrogen) atoms. The van der Waals surface area contributed by atoms with E-state index in [1.807, 2.05) is 0 Å². The predicted octanol–water partition coefficient (Wildman–Crippen LogP) is 2.52. The molecule has 1 aliphatic heterocycles. The fraction of sp³-hybridized carbons (Fsp3) is 0.600. The minimum Gasteiger partial charge on any atom is -0.490 e. The summed E-state index contributed by atoms with van der Waals surface area (Å²) in [5.41, 5.74) is -5.25. The Balaban J connectivity index is 2.01. The summed E-state index contributed by atoms with van der Waals surface area (Å²) >= 11 is 0.